The summed E-state index contributed by atoms with van der Waals surface area (Å²) in [7, 11) is 3.23. The van der Waals surface area contributed by atoms with Crippen LogP contribution in [0.4, 0.5) is 0 Å². The summed E-state index contributed by atoms with van der Waals surface area (Å²) in [4.78, 5) is 38.4. The number of carbonyl (C=O) groups excluding carboxylic acids is 2. The molecule has 0 aliphatic carbocycles. The van der Waals surface area contributed by atoms with E-state index in [1.54, 1.807) is 57.4 Å². The third-order valence-corrected chi connectivity index (χ3v) is 4.59. The van der Waals surface area contributed by atoms with E-state index in [1.165, 1.54) is 17.0 Å². The third kappa shape index (κ3) is 4.28. The Hall–Kier alpha value is -2.86. The molecule has 0 heterocycles. The van der Waals surface area contributed by atoms with Crippen LogP contribution < -0.4 is 5.32 Å². The molecule has 0 saturated carbocycles. The molecule has 0 aromatic heterocycles. The van der Waals surface area contributed by atoms with Gasteiger partial charge in [0.05, 0.1) is 0 Å². The fourth-order valence-electron chi connectivity index (χ4n) is 2.74. The van der Waals surface area contributed by atoms with Crippen molar-refractivity contribution in [3.8, 4) is 0 Å². The lowest BCUT2D eigenvalue weighted by Gasteiger charge is -2.30. The second kappa shape index (κ2) is 8.22. The Morgan fingerprint density at radius 3 is 2.19 bits per heavy atom. The number of carbonyl (C=O) groups is 3. The van der Waals surface area contributed by atoms with Gasteiger partial charge in [-0.3, -0.25) is 9.59 Å². The van der Waals surface area contributed by atoms with Crippen molar-refractivity contribution in [1.82, 2.24) is 10.2 Å². The van der Waals surface area contributed by atoms with Crippen molar-refractivity contribution in [2.24, 2.45) is 0 Å². The topological polar surface area (TPSA) is 86.7 Å². The first kappa shape index (κ1) is 20.5. The quantitative estimate of drug-likeness (QED) is 0.795. The molecule has 27 heavy (non-hydrogen) atoms. The largest absolute Gasteiger partial charge is 0.479 e. The molecule has 1 atom stereocenters. The van der Waals surface area contributed by atoms with Crippen molar-refractivity contribution < 1.29 is 19.5 Å². The van der Waals surface area contributed by atoms with E-state index in [0.29, 0.717) is 16.1 Å². The van der Waals surface area contributed by atoms with Crippen molar-refractivity contribution >= 4 is 29.4 Å². The Morgan fingerprint density at radius 1 is 1.07 bits per heavy atom. The number of carboxylic acids is 1. The van der Waals surface area contributed by atoms with Crippen LogP contribution in [-0.4, -0.2) is 41.9 Å². The van der Waals surface area contributed by atoms with Crippen LogP contribution in [-0.2, 0) is 10.3 Å². The van der Waals surface area contributed by atoms with Crippen LogP contribution in [0, 0.1) is 0 Å². The van der Waals surface area contributed by atoms with Crippen molar-refractivity contribution in [3.05, 3.63) is 70.2 Å². The van der Waals surface area contributed by atoms with E-state index in [-0.39, 0.29) is 17.9 Å². The Kier molecular flexibility index (Phi) is 6.23. The summed E-state index contributed by atoms with van der Waals surface area (Å²) >= 11 is 5.89. The normalized spacial score (nSPS) is 12.7. The summed E-state index contributed by atoms with van der Waals surface area (Å²) in [5, 5.41) is 12.9. The molecule has 1 unspecified atom stereocenters. The molecule has 2 amide bonds. The molecule has 0 spiro atoms. The van der Waals surface area contributed by atoms with Gasteiger partial charge in [0.2, 0.25) is 0 Å². The van der Waals surface area contributed by atoms with Crippen LogP contribution in [0.25, 0.3) is 0 Å². The van der Waals surface area contributed by atoms with Crippen molar-refractivity contribution in [3.63, 3.8) is 0 Å². The van der Waals surface area contributed by atoms with Gasteiger partial charge in [-0.15, -0.1) is 0 Å². The number of aliphatic carboxylic acids is 1. The Labute approximate surface area is 162 Å². The van der Waals surface area contributed by atoms with E-state index in [1.807, 2.05) is 0 Å². The molecule has 0 bridgehead atoms. The van der Waals surface area contributed by atoms with E-state index < -0.39 is 17.4 Å². The van der Waals surface area contributed by atoms with Gasteiger partial charge in [0.25, 0.3) is 11.8 Å². The average molecular weight is 389 g/mol. The number of hydrogen-bond donors (Lipinski definition) is 2. The van der Waals surface area contributed by atoms with Crippen LogP contribution >= 0.6 is 11.6 Å². The van der Waals surface area contributed by atoms with E-state index in [0.717, 1.165) is 0 Å². The maximum atomic E-state index is 12.8. The minimum Gasteiger partial charge on any atom is -0.479 e. The molecule has 2 aromatic rings. The minimum absolute atomic E-state index is 0.131. The van der Waals surface area contributed by atoms with Crippen LogP contribution in [0.5, 0.6) is 0 Å². The van der Waals surface area contributed by atoms with Crippen LogP contribution in [0.15, 0.2) is 48.5 Å². The van der Waals surface area contributed by atoms with E-state index in [9.17, 15) is 19.5 Å². The molecule has 2 N–H and O–H groups in total. The molecular weight excluding hydrogens is 368 g/mol. The lowest BCUT2D eigenvalue weighted by atomic mass is 9.86. The fraction of sp³-hybridized carbons (Fsp3) is 0.250. The molecule has 0 aliphatic heterocycles. The van der Waals surface area contributed by atoms with E-state index in [4.69, 9.17) is 11.6 Å². The number of amides is 2. The number of carboxylic acid groups (broad SMARTS) is 1. The van der Waals surface area contributed by atoms with Gasteiger partial charge in [-0.25, -0.2) is 4.79 Å². The van der Waals surface area contributed by atoms with Gasteiger partial charge in [-0.05, 0) is 42.3 Å². The summed E-state index contributed by atoms with van der Waals surface area (Å²) in [5.74, 6) is -2.01. The zero-order chi connectivity index (χ0) is 20.2. The summed E-state index contributed by atoms with van der Waals surface area (Å²) < 4.78 is 0. The van der Waals surface area contributed by atoms with Gasteiger partial charge in [0.1, 0.15) is 0 Å². The second-order valence-electron chi connectivity index (χ2n) is 6.31. The highest BCUT2D eigenvalue weighted by atomic mass is 35.5. The van der Waals surface area contributed by atoms with E-state index >= 15 is 0 Å². The van der Waals surface area contributed by atoms with Gasteiger partial charge in [-0.1, -0.05) is 36.7 Å². The molecule has 6 nitrogen and oxygen atoms in total. The third-order valence-electron chi connectivity index (χ3n) is 4.34. The monoisotopic (exact) mass is 388 g/mol. The maximum Gasteiger partial charge on any atom is 0.334 e. The lowest BCUT2D eigenvalue weighted by molar-refractivity contribution is -0.145. The lowest BCUT2D eigenvalue weighted by Crippen LogP contribution is -2.51. The maximum absolute atomic E-state index is 12.8. The highest BCUT2D eigenvalue weighted by Gasteiger charge is 2.40. The first-order valence-corrected chi connectivity index (χ1v) is 8.72. The Morgan fingerprint density at radius 2 is 1.67 bits per heavy atom. The molecule has 7 heteroatoms. The molecule has 2 rings (SSSR count). The highest BCUT2D eigenvalue weighted by molar-refractivity contribution is 6.30. The molecule has 142 valence electrons. The molecule has 0 aliphatic rings. The number of rotatable bonds is 6. The van der Waals surface area contributed by atoms with Gasteiger partial charge < -0.3 is 15.3 Å². The number of nitrogens with one attached hydrogen (secondary N) is 1. The summed E-state index contributed by atoms with van der Waals surface area (Å²) in [5.41, 5.74) is -0.647. The number of halogens is 1. The van der Waals surface area contributed by atoms with Crippen LogP contribution in [0.3, 0.4) is 0 Å². The summed E-state index contributed by atoms with van der Waals surface area (Å²) in [6, 6.07) is 12.5. The highest BCUT2D eigenvalue weighted by Crippen LogP contribution is 2.27. The standard InChI is InChI=1S/C20H21ClN2O4/c1-4-20(19(26)27,15-8-10-16(21)11-9-15)22-17(24)13-6-5-7-14(12-13)18(25)23(2)3/h5-12H,4H2,1-3H3,(H,22,24)(H,26,27). The van der Waals surface area contributed by atoms with Gasteiger partial charge >= 0.3 is 5.97 Å². The zero-order valence-electron chi connectivity index (χ0n) is 15.3. The predicted octanol–water partition coefficient (Wildman–Crippen LogP) is 3.16. The van der Waals surface area contributed by atoms with Gasteiger partial charge in [-0.2, -0.15) is 0 Å². The molecule has 2 aromatic carbocycles. The van der Waals surface area contributed by atoms with Crippen LogP contribution in [0.2, 0.25) is 5.02 Å². The average Bonchev–Trinajstić information content (AvgIpc) is 2.65. The number of hydrogen-bond acceptors (Lipinski definition) is 3. The first-order valence-electron chi connectivity index (χ1n) is 8.35. The van der Waals surface area contributed by atoms with E-state index in [2.05, 4.69) is 5.32 Å². The molecule has 0 saturated heterocycles. The predicted molar refractivity (Wildman–Crippen MR) is 103 cm³/mol. The molecular formula is C20H21ClN2O4. The Balaban J connectivity index is 2.40. The number of benzene rings is 2. The summed E-state index contributed by atoms with van der Waals surface area (Å²) in [6.07, 6.45) is 0.131. The second-order valence-corrected chi connectivity index (χ2v) is 6.74. The van der Waals surface area contributed by atoms with Crippen molar-refractivity contribution in [2.45, 2.75) is 18.9 Å². The Bertz CT molecular complexity index is 865. The minimum atomic E-state index is -1.61. The van der Waals surface area contributed by atoms with Gasteiger partial charge in [0.15, 0.2) is 5.54 Å². The fourth-order valence-corrected chi connectivity index (χ4v) is 2.87. The SMILES string of the molecule is CCC(NC(=O)c1cccc(C(=O)N(C)C)c1)(C(=O)O)c1ccc(Cl)cc1. The first-order chi connectivity index (χ1) is 12.7. The molecule has 0 fully saturated rings. The van der Waals surface area contributed by atoms with Crippen LogP contribution in [0.1, 0.15) is 39.6 Å². The number of nitrogens with zero attached hydrogens (tertiary/aromatic N) is 1. The van der Waals surface area contributed by atoms with Gasteiger partial charge in [0, 0.05) is 30.2 Å². The van der Waals surface area contributed by atoms with Crippen molar-refractivity contribution in [2.75, 3.05) is 14.1 Å². The molecule has 0 radical (unpaired) electrons. The van der Waals surface area contributed by atoms with Crippen molar-refractivity contribution in [1.29, 1.82) is 0 Å². The smallest absolute Gasteiger partial charge is 0.334 e. The summed E-state index contributed by atoms with van der Waals surface area (Å²) in [6.45, 7) is 1.68. The zero-order valence-corrected chi connectivity index (χ0v) is 16.1.